The summed E-state index contributed by atoms with van der Waals surface area (Å²) < 4.78 is 87.8. The third-order valence-electron chi connectivity index (χ3n) is 10.1. The molecule has 6 unspecified atom stereocenters. The van der Waals surface area contributed by atoms with Gasteiger partial charge in [-0.25, -0.2) is 0 Å². The second-order valence-corrected chi connectivity index (χ2v) is 19.5. The Balaban J connectivity index is 0.000000847. The van der Waals surface area contributed by atoms with Crippen LogP contribution >= 0.6 is 0 Å². The van der Waals surface area contributed by atoms with E-state index in [2.05, 4.69) is 17.9 Å². The number of Topliss-reactive ketones (excluding diaryl/α,β-unsaturated/α-hetero) is 3. The molecule has 2 rings (SSSR count). The highest BCUT2D eigenvalue weighted by atomic mass is 32.2. The average Bonchev–Trinajstić information content (AvgIpc) is 3.42. The van der Waals surface area contributed by atoms with Gasteiger partial charge in [-0.2, -0.15) is 51.1 Å². The number of methoxy groups -OCH3 is 1. The summed E-state index contributed by atoms with van der Waals surface area (Å²) in [7, 11) is -10.1. The van der Waals surface area contributed by atoms with Crippen LogP contribution in [0.4, 0.5) is 0 Å². The maximum atomic E-state index is 12.8. The molecule has 0 aromatic carbocycles. The Kier molecular flexibility index (Phi) is 23.7. The van der Waals surface area contributed by atoms with Gasteiger partial charge in [0.15, 0.2) is 0 Å². The summed E-state index contributed by atoms with van der Waals surface area (Å²) in [6.45, 7) is 26.1. The zero-order valence-electron chi connectivity index (χ0n) is 36.4. The third-order valence-corrected chi connectivity index (χ3v) is 16.5. The molecule has 0 radical (unpaired) electrons. The molecule has 58 heavy (non-hydrogen) atoms. The first kappa shape index (κ1) is 55.0. The molecule has 0 amide bonds. The number of ketones is 3. The first-order valence-electron chi connectivity index (χ1n) is 19.3. The van der Waals surface area contributed by atoms with Gasteiger partial charge in [0.1, 0.15) is 23.4 Å². The van der Waals surface area contributed by atoms with Crippen LogP contribution in [0.15, 0.2) is 49.6 Å². The lowest BCUT2D eigenvalue weighted by molar-refractivity contribution is -0.144. The van der Waals surface area contributed by atoms with Crippen molar-refractivity contribution in [3.63, 3.8) is 0 Å². The van der Waals surface area contributed by atoms with E-state index in [9.17, 15) is 44.4 Å². The van der Waals surface area contributed by atoms with Gasteiger partial charge < -0.3 is 4.74 Å². The van der Waals surface area contributed by atoms with E-state index in [0.717, 1.165) is 30.1 Å². The van der Waals surface area contributed by atoms with Crippen LogP contribution < -0.4 is 0 Å². The van der Waals surface area contributed by atoms with E-state index < -0.39 is 60.8 Å². The molecule has 2 aliphatic rings. The van der Waals surface area contributed by atoms with Crippen molar-refractivity contribution < 1.29 is 49.2 Å². The summed E-state index contributed by atoms with van der Waals surface area (Å²) in [5.74, 6) is -1.46. The fourth-order valence-corrected chi connectivity index (χ4v) is 11.3. The minimum Gasteiger partial charge on any atom is -0.468 e. The Bertz CT molecular complexity index is 1740. The Labute approximate surface area is 348 Å². The summed E-state index contributed by atoms with van der Waals surface area (Å²) in [4.78, 5) is 46.1. The van der Waals surface area contributed by atoms with Gasteiger partial charge in [0.2, 0.25) is 0 Å². The van der Waals surface area contributed by atoms with Gasteiger partial charge in [-0.3, -0.25) is 19.2 Å². The van der Waals surface area contributed by atoms with Crippen LogP contribution in [-0.2, 0) is 54.5 Å². The normalized spacial score (nSPS) is 20.7. The molecule has 2 heterocycles. The molecular weight excluding hydrogens is 813 g/mol. The standard InChI is InChI=1S/C14H24N2O5S.C12H20N2O4S.C12H24N2O2S/c1-7-9-15(11(3)13(5)17)22(19,20)16(10-8-2)12(4)14(18)21-6;1-9(11(3)15)13-7-5-6-8-14(19(13,17)18)10(2)12(4)16;1-5-11(3)13-9-7-8-10-14(12(4)6-2)17(13,15)16/h7-8,11-12H,1-2,9-10H2,3-6H3;5-6,9-10H,7-8H2,1-4H3;7-8,11-12H,5-6,9-10H2,1-4H3. The molecular formula is C38H68N6O11S3. The molecule has 0 aromatic rings. The van der Waals surface area contributed by atoms with Gasteiger partial charge in [-0.15, -0.1) is 13.2 Å². The summed E-state index contributed by atoms with van der Waals surface area (Å²) in [5, 5.41) is 0. The lowest BCUT2D eigenvalue weighted by atomic mass is 10.2. The first-order chi connectivity index (χ1) is 26.8. The highest BCUT2D eigenvalue weighted by molar-refractivity contribution is 7.87. The Morgan fingerprint density at radius 2 is 0.948 bits per heavy atom. The summed E-state index contributed by atoms with van der Waals surface area (Å²) in [6.07, 6.45) is 11.7. The largest absolute Gasteiger partial charge is 0.468 e. The molecule has 20 heteroatoms. The number of carbonyl (C=O) groups excluding carboxylic acids is 4. The lowest BCUT2D eigenvalue weighted by Crippen LogP contribution is -2.54. The molecule has 0 spiro atoms. The molecule has 0 fully saturated rings. The van der Waals surface area contributed by atoms with Gasteiger partial charge >= 0.3 is 5.97 Å². The average molecular weight is 881 g/mol. The number of esters is 1. The van der Waals surface area contributed by atoms with Crippen LogP contribution in [0.5, 0.6) is 0 Å². The maximum absolute atomic E-state index is 12.8. The van der Waals surface area contributed by atoms with Gasteiger partial charge in [-0.1, -0.05) is 50.3 Å². The maximum Gasteiger partial charge on any atom is 0.323 e. The second kappa shape index (κ2) is 25.0. The van der Waals surface area contributed by atoms with Crippen molar-refractivity contribution in [3.8, 4) is 0 Å². The van der Waals surface area contributed by atoms with Crippen molar-refractivity contribution in [2.45, 2.75) is 125 Å². The highest BCUT2D eigenvalue weighted by Gasteiger charge is 2.40. The highest BCUT2D eigenvalue weighted by Crippen LogP contribution is 2.22. The number of rotatable bonds is 18. The van der Waals surface area contributed by atoms with Crippen LogP contribution in [0.2, 0.25) is 0 Å². The molecule has 0 aromatic heterocycles. The van der Waals surface area contributed by atoms with E-state index in [1.165, 1.54) is 53.9 Å². The quantitative estimate of drug-likeness (QED) is 0.145. The van der Waals surface area contributed by atoms with E-state index in [0.29, 0.717) is 13.1 Å². The smallest absolute Gasteiger partial charge is 0.323 e. The fraction of sp³-hybridized carbons (Fsp3) is 0.684. The topological polar surface area (TPSA) is 199 Å². The van der Waals surface area contributed by atoms with Gasteiger partial charge in [-0.05, 0) is 75.2 Å². The Hall–Kier alpha value is -2.95. The zero-order valence-corrected chi connectivity index (χ0v) is 38.8. The first-order valence-corrected chi connectivity index (χ1v) is 23.4. The minimum atomic E-state index is -4.08. The fourth-order valence-electron chi connectivity index (χ4n) is 5.49. The monoisotopic (exact) mass is 880 g/mol. The molecule has 0 bridgehead atoms. The summed E-state index contributed by atoms with van der Waals surface area (Å²) >= 11 is 0. The molecule has 0 saturated carbocycles. The predicted molar refractivity (Wildman–Crippen MR) is 227 cm³/mol. The molecule has 17 nitrogen and oxygen atoms in total. The van der Waals surface area contributed by atoms with Crippen LogP contribution in [0.3, 0.4) is 0 Å². The molecule has 6 atom stereocenters. The van der Waals surface area contributed by atoms with Crippen LogP contribution in [0.25, 0.3) is 0 Å². The third kappa shape index (κ3) is 14.6. The van der Waals surface area contributed by atoms with Crippen molar-refractivity contribution in [1.82, 2.24) is 25.8 Å². The molecule has 0 saturated heterocycles. The molecule has 334 valence electrons. The zero-order chi connectivity index (χ0) is 45.3. The number of hydrogen-bond acceptors (Lipinski definition) is 11. The van der Waals surface area contributed by atoms with Gasteiger partial charge in [0, 0.05) is 51.4 Å². The van der Waals surface area contributed by atoms with Crippen LogP contribution in [0.1, 0.15) is 89.0 Å². The van der Waals surface area contributed by atoms with Crippen molar-refractivity contribution in [2.75, 3.05) is 46.4 Å². The Morgan fingerprint density at radius 3 is 1.22 bits per heavy atom. The van der Waals surface area contributed by atoms with E-state index in [-0.39, 0.29) is 55.6 Å². The van der Waals surface area contributed by atoms with Crippen molar-refractivity contribution in [3.05, 3.63) is 49.6 Å². The molecule has 0 N–H and O–H groups in total. The molecule has 2 aliphatic heterocycles. The number of hydrogen-bond donors (Lipinski definition) is 0. The minimum absolute atomic E-state index is 0.0503. The van der Waals surface area contributed by atoms with Gasteiger partial charge in [0.05, 0.1) is 25.2 Å². The van der Waals surface area contributed by atoms with Crippen molar-refractivity contribution in [1.29, 1.82) is 0 Å². The van der Waals surface area contributed by atoms with E-state index >= 15 is 0 Å². The predicted octanol–water partition coefficient (Wildman–Crippen LogP) is 3.11. The van der Waals surface area contributed by atoms with E-state index in [4.69, 9.17) is 0 Å². The SMILES string of the molecule is C=CCN(C(C)C(C)=O)S(=O)(=O)N(CC=C)C(C)C(=O)OC.CC(=O)C(C)N1CC=CCN(C(C)C(C)=O)S1(=O)=O.CCC(C)N1CC=CCN(C(C)CC)S1(=O)=O. The van der Waals surface area contributed by atoms with E-state index in [1.54, 1.807) is 34.6 Å². The van der Waals surface area contributed by atoms with Crippen LogP contribution in [-0.4, -0.2) is 157 Å². The lowest BCUT2D eigenvalue weighted by Gasteiger charge is -2.33. The van der Waals surface area contributed by atoms with E-state index in [1.807, 2.05) is 39.8 Å². The summed E-state index contributed by atoms with van der Waals surface area (Å²) in [6, 6.07) is -3.30. The van der Waals surface area contributed by atoms with Crippen LogP contribution in [0, 0.1) is 0 Å². The molecule has 0 aliphatic carbocycles. The second-order valence-electron chi connectivity index (χ2n) is 14.0. The number of nitrogens with zero attached hydrogens (tertiary/aromatic N) is 6. The Morgan fingerprint density at radius 1 is 0.638 bits per heavy atom. The van der Waals surface area contributed by atoms with Crippen molar-refractivity contribution >= 4 is 53.9 Å². The summed E-state index contributed by atoms with van der Waals surface area (Å²) in [5.41, 5.74) is 0. The number of ether oxygens (including phenoxy) is 1. The van der Waals surface area contributed by atoms with Crippen molar-refractivity contribution in [2.24, 2.45) is 0 Å². The van der Waals surface area contributed by atoms with Gasteiger partial charge in [0.25, 0.3) is 30.6 Å². The number of carbonyl (C=O) groups is 4.